The molecule has 1 aliphatic rings. The van der Waals surface area contributed by atoms with E-state index in [-0.39, 0.29) is 0 Å². The van der Waals surface area contributed by atoms with Crippen LogP contribution in [0.5, 0.6) is 0 Å². The summed E-state index contributed by atoms with van der Waals surface area (Å²) in [4.78, 5) is 7.77. The van der Waals surface area contributed by atoms with Crippen LogP contribution >= 0.6 is 0 Å². The molecule has 0 amide bonds. The Hall–Kier alpha value is -2.09. The Morgan fingerprint density at radius 2 is 2.00 bits per heavy atom. The summed E-state index contributed by atoms with van der Waals surface area (Å²) in [6, 6.07) is 10.4. The summed E-state index contributed by atoms with van der Waals surface area (Å²) < 4.78 is 0. The lowest BCUT2D eigenvalue weighted by atomic mass is 10.1. The minimum absolute atomic E-state index is 1.06. The molecule has 2 heteroatoms. The fourth-order valence-corrected chi connectivity index (χ4v) is 2.21. The van der Waals surface area contributed by atoms with E-state index >= 15 is 0 Å². The number of fused-ring (bicyclic) bond motifs is 1. The van der Waals surface area contributed by atoms with Crippen LogP contribution in [-0.2, 0) is 0 Å². The summed E-state index contributed by atoms with van der Waals surface area (Å²) >= 11 is 0. The maximum absolute atomic E-state index is 4.41. The van der Waals surface area contributed by atoms with Crippen molar-refractivity contribution in [2.24, 2.45) is 4.99 Å². The molecule has 0 aliphatic carbocycles. The van der Waals surface area contributed by atoms with Crippen LogP contribution in [0.25, 0.3) is 11.6 Å². The van der Waals surface area contributed by atoms with Gasteiger partial charge in [0, 0.05) is 28.7 Å². The van der Waals surface area contributed by atoms with Gasteiger partial charge in [-0.2, -0.15) is 0 Å². The van der Waals surface area contributed by atoms with E-state index in [1.54, 1.807) is 0 Å². The van der Waals surface area contributed by atoms with Crippen molar-refractivity contribution in [1.82, 2.24) is 4.98 Å². The number of nitrogens with one attached hydrogen (secondary N) is 1. The van der Waals surface area contributed by atoms with E-state index in [9.17, 15) is 0 Å². The van der Waals surface area contributed by atoms with Gasteiger partial charge < -0.3 is 4.98 Å². The predicted molar refractivity (Wildman–Crippen MR) is 72.7 cm³/mol. The monoisotopic (exact) mass is 222 g/mol. The highest BCUT2D eigenvalue weighted by atomic mass is 14.8. The fraction of sp³-hybridized carbons (Fsp3) is 0.133. The Balaban J connectivity index is 2.08. The van der Waals surface area contributed by atoms with E-state index in [2.05, 4.69) is 42.0 Å². The number of para-hydroxylation sites is 1. The van der Waals surface area contributed by atoms with Crippen molar-refractivity contribution in [2.45, 2.75) is 13.8 Å². The van der Waals surface area contributed by atoms with Gasteiger partial charge in [-0.25, -0.2) is 0 Å². The molecular weight excluding hydrogens is 208 g/mol. The third-order valence-electron chi connectivity index (χ3n) is 3.05. The molecule has 1 aromatic carbocycles. The van der Waals surface area contributed by atoms with E-state index in [4.69, 9.17) is 0 Å². The summed E-state index contributed by atoms with van der Waals surface area (Å²) in [6.07, 6.45) is 4.10. The molecule has 1 aliphatic heterocycles. The van der Waals surface area contributed by atoms with Gasteiger partial charge in [-0.1, -0.05) is 18.2 Å². The van der Waals surface area contributed by atoms with Crippen LogP contribution in [0.15, 0.2) is 35.3 Å². The second kappa shape index (κ2) is 3.74. The summed E-state index contributed by atoms with van der Waals surface area (Å²) in [6.45, 7) is 4.19. The van der Waals surface area contributed by atoms with Crippen LogP contribution in [0.4, 0.5) is 5.69 Å². The van der Waals surface area contributed by atoms with Crippen molar-refractivity contribution in [1.29, 1.82) is 0 Å². The number of nitrogens with zero attached hydrogens (tertiary/aromatic N) is 1. The molecule has 0 saturated carbocycles. The smallest absolute Gasteiger partial charge is 0.0708 e. The summed E-state index contributed by atoms with van der Waals surface area (Å²) in [5.41, 5.74) is 7.07. The lowest BCUT2D eigenvalue weighted by Crippen LogP contribution is -1.82. The maximum atomic E-state index is 4.41. The highest BCUT2D eigenvalue weighted by Gasteiger charge is 2.11. The Kier molecular flexibility index (Phi) is 2.22. The van der Waals surface area contributed by atoms with Crippen molar-refractivity contribution in [2.75, 3.05) is 0 Å². The summed E-state index contributed by atoms with van der Waals surface area (Å²) in [5.74, 6) is 0. The SMILES string of the molecule is Cc1cc(C)c(/C=C2\C=Nc3ccccc32)[nH]1. The van der Waals surface area contributed by atoms with Crippen LogP contribution in [0.1, 0.15) is 22.5 Å². The highest BCUT2D eigenvalue weighted by Crippen LogP contribution is 2.32. The first-order valence-electron chi connectivity index (χ1n) is 5.75. The first-order chi connectivity index (χ1) is 8.24. The number of hydrogen-bond donors (Lipinski definition) is 1. The van der Waals surface area contributed by atoms with Gasteiger partial charge in [0.15, 0.2) is 0 Å². The number of aliphatic imine (C=N–C) groups is 1. The minimum atomic E-state index is 1.06. The largest absolute Gasteiger partial charge is 0.359 e. The molecule has 2 nitrogen and oxygen atoms in total. The number of rotatable bonds is 1. The number of hydrogen-bond acceptors (Lipinski definition) is 1. The Labute approximate surface area is 101 Å². The maximum Gasteiger partial charge on any atom is 0.0708 e. The Morgan fingerprint density at radius 3 is 2.76 bits per heavy atom. The molecule has 0 unspecified atom stereocenters. The zero-order chi connectivity index (χ0) is 11.8. The van der Waals surface area contributed by atoms with Gasteiger partial charge in [0.05, 0.1) is 5.69 Å². The highest BCUT2D eigenvalue weighted by molar-refractivity contribution is 6.21. The number of allylic oxidation sites excluding steroid dienone is 1. The van der Waals surface area contributed by atoms with Crippen molar-refractivity contribution in [3.63, 3.8) is 0 Å². The molecule has 17 heavy (non-hydrogen) atoms. The van der Waals surface area contributed by atoms with Gasteiger partial charge in [-0.3, -0.25) is 4.99 Å². The van der Waals surface area contributed by atoms with Crippen molar-refractivity contribution in [3.05, 3.63) is 52.8 Å². The number of H-pyrrole nitrogens is 1. The Morgan fingerprint density at radius 1 is 1.18 bits per heavy atom. The van der Waals surface area contributed by atoms with Crippen LogP contribution in [-0.4, -0.2) is 11.2 Å². The molecule has 0 radical (unpaired) electrons. The van der Waals surface area contributed by atoms with Crippen molar-refractivity contribution < 1.29 is 0 Å². The van der Waals surface area contributed by atoms with Gasteiger partial charge in [0.1, 0.15) is 0 Å². The topological polar surface area (TPSA) is 28.1 Å². The minimum Gasteiger partial charge on any atom is -0.359 e. The number of benzene rings is 1. The molecule has 3 rings (SSSR count). The van der Waals surface area contributed by atoms with Crippen LogP contribution < -0.4 is 0 Å². The zero-order valence-corrected chi connectivity index (χ0v) is 9.99. The van der Waals surface area contributed by atoms with Crippen LogP contribution in [0.2, 0.25) is 0 Å². The van der Waals surface area contributed by atoms with E-state index in [0.29, 0.717) is 0 Å². The van der Waals surface area contributed by atoms with Gasteiger partial charge >= 0.3 is 0 Å². The zero-order valence-electron chi connectivity index (χ0n) is 9.99. The van der Waals surface area contributed by atoms with Crippen molar-refractivity contribution in [3.8, 4) is 0 Å². The fourth-order valence-electron chi connectivity index (χ4n) is 2.21. The quantitative estimate of drug-likeness (QED) is 0.758. The van der Waals surface area contributed by atoms with Crippen molar-refractivity contribution >= 4 is 23.6 Å². The average molecular weight is 222 g/mol. The Bertz CT molecular complexity index is 630. The first-order valence-corrected chi connectivity index (χ1v) is 5.75. The van der Waals surface area contributed by atoms with Gasteiger partial charge in [-0.15, -0.1) is 0 Å². The molecule has 2 aromatic rings. The normalized spacial score (nSPS) is 15.5. The van der Waals surface area contributed by atoms with E-state index < -0.39 is 0 Å². The van der Waals surface area contributed by atoms with Gasteiger partial charge in [0.2, 0.25) is 0 Å². The predicted octanol–water partition coefficient (Wildman–Crippen LogP) is 3.89. The van der Waals surface area contributed by atoms with E-state index in [1.165, 1.54) is 28.1 Å². The molecule has 1 N–H and O–H groups in total. The number of aryl methyl sites for hydroxylation is 2. The summed E-state index contributed by atoms with van der Waals surface area (Å²) in [5, 5.41) is 0. The number of aromatic nitrogens is 1. The van der Waals surface area contributed by atoms with Crippen LogP contribution in [0.3, 0.4) is 0 Å². The summed E-state index contributed by atoms with van der Waals surface area (Å²) in [7, 11) is 0. The third-order valence-corrected chi connectivity index (χ3v) is 3.05. The van der Waals surface area contributed by atoms with E-state index in [1.807, 2.05) is 24.4 Å². The standard InChI is InChI=1S/C15H14N2/c1-10-7-11(2)17-15(10)8-12-9-16-14-6-4-3-5-13(12)14/h3-9,17H,1-2H3/b12-8+. The molecule has 0 spiro atoms. The van der Waals surface area contributed by atoms with Gasteiger partial charge in [0.25, 0.3) is 0 Å². The molecule has 0 bridgehead atoms. The van der Waals surface area contributed by atoms with Gasteiger partial charge in [-0.05, 0) is 37.6 Å². The second-order valence-corrected chi connectivity index (χ2v) is 4.42. The first kappa shape index (κ1) is 10.1. The lowest BCUT2D eigenvalue weighted by Gasteiger charge is -1.99. The molecule has 1 aromatic heterocycles. The number of aromatic amines is 1. The molecule has 2 heterocycles. The molecule has 0 saturated heterocycles. The van der Waals surface area contributed by atoms with E-state index in [0.717, 1.165) is 5.69 Å². The molecule has 0 fully saturated rings. The van der Waals surface area contributed by atoms with Crippen LogP contribution in [0, 0.1) is 13.8 Å². The third kappa shape index (κ3) is 1.72. The molecule has 0 atom stereocenters. The average Bonchev–Trinajstić information content (AvgIpc) is 2.85. The second-order valence-electron chi connectivity index (χ2n) is 4.42. The molecule has 84 valence electrons. The lowest BCUT2D eigenvalue weighted by molar-refractivity contribution is 1.24. The molecular formula is C15H14N2.